The van der Waals surface area contributed by atoms with Crippen LogP contribution in [0.4, 0.5) is 5.69 Å². The number of hydrogen-bond donors (Lipinski definition) is 1. The Hall–Kier alpha value is -3.02. The summed E-state index contributed by atoms with van der Waals surface area (Å²) in [5.41, 5.74) is 1.46. The minimum atomic E-state index is -1.24. The Labute approximate surface area is 139 Å². The number of carbonyl (C=O) groups excluding carboxylic acids is 2. The molecule has 0 unspecified atom stereocenters. The van der Waals surface area contributed by atoms with Gasteiger partial charge in [-0.25, -0.2) is 9.59 Å². The van der Waals surface area contributed by atoms with Crippen molar-refractivity contribution in [3.63, 3.8) is 0 Å². The largest absolute Gasteiger partial charge is 0.461 e. The van der Waals surface area contributed by atoms with E-state index in [-0.39, 0.29) is 5.57 Å². The van der Waals surface area contributed by atoms with Crippen LogP contribution in [0, 0.1) is 6.92 Å². The van der Waals surface area contributed by atoms with Crippen LogP contribution in [0.2, 0.25) is 0 Å². The second kappa shape index (κ2) is 5.88. The molecule has 2 aromatic rings. The molecule has 124 valence electrons. The Morgan fingerprint density at radius 2 is 1.58 bits per heavy atom. The maximum atomic E-state index is 11.8. The summed E-state index contributed by atoms with van der Waals surface area (Å²) in [6, 6.07) is 11.2. The van der Waals surface area contributed by atoms with Crippen molar-refractivity contribution in [1.29, 1.82) is 0 Å². The van der Waals surface area contributed by atoms with Crippen LogP contribution in [0.5, 0.6) is 0 Å². The van der Waals surface area contributed by atoms with E-state index < -0.39 is 17.7 Å². The van der Waals surface area contributed by atoms with Gasteiger partial charge < -0.3 is 19.2 Å². The first-order valence-electron chi connectivity index (χ1n) is 7.44. The van der Waals surface area contributed by atoms with Gasteiger partial charge in [-0.1, -0.05) is 0 Å². The molecule has 6 heteroatoms. The molecule has 1 aliphatic heterocycles. The summed E-state index contributed by atoms with van der Waals surface area (Å²) in [5.74, 6) is -1.06. The maximum absolute atomic E-state index is 11.8. The van der Waals surface area contributed by atoms with Crippen molar-refractivity contribution in [3.8, 4) is 11.3 Å². The van der Waals surface area contributed by atoms with Crippen LogP contribution in [0.3, 0.4) is 0 Å². The number of carbonyl (C=O) groups is 2. The number of aryl methyl sites for hydroxylation is 1. The van der Waals surface area contributed by atoms with Gasteiger partial charge in [-0.15, -0.1) is 0 Å². The first kappa shape index (κ1) is 15.9. The van der Waals surface area contributed by atoms with Crippen molar-refractivity contribution in [3.05, 3.63) is 53.9 Å². The Bertz CT molecular complexity index is 792. The van der Waals surface area contributed by atoms with E-state index in [0.29, 0.717) is 5.69 Å². The quantitative estimate of drug-likeness (QED) is 0.529. The van der Waals surface area contributed by atoms with E-state index in [2.05, 4.69) is 5.32 Å². The Balaban J connectivity index is 1.72. The predicted molar refractivity (Wildman–Crippen MR) is 86.8 cm³/mol. The third kappa shape index (κ3) is 3.32. The van der Waals surface area contributed by atoms with Crippen LogP contribution < -0.4 is 5.32 Å². The van der Waals surface area contributed by atoms with E-state index in [4.69, 9.17) is 13.9 Å². The third-order valence-corrected chi connectivity index (χ3v) is 3.41. The number of ether oxygens (including phenoxy) is 2. The average Bonchev–Trinajstić information content (AvgIpc) is 2.92. The smallest absolute Gasteiger partial charge is 0.350 e. The number of rotatable bonds is 3. The van der Waals surface area contributed by atoms with Crippen LogP contribution in [0.1, 0.15) is 19.6 Å². The first-order chi connectivity index (χ1) is 11.3. The number of anilines is 1. The lowest BCUT2D eigenvalue weighted by atomic mass is 10.1. The Morgan fingerprint density at radius 1 is 0.958 bits per heavy atom. The Kier molecular flexibility index (Phi) is 3.89. The van der Waals surface area contributed by atoms with E-state index in [1.807, 2.05) is 43.3 Å². The highest BCUT2D eigenvalue weighted by Gasteiger charge is 2.38. The predicted octanol–water partition coefficient (Wildman–Crippen LogP) is 3.39. The van der Waals surface area contributed by atoms with Crippen molar-refractivity contribution >= 4 is 17.6 Å². The number of benzene rings is 1. The van der Waals surface area contributed by atoms with Crippen LogP contribution in [0.15, 0.2) is 52.6 Å². The minimum Gasteiger partial charge on any atom is -0.461 e. The van der Waals surface area contributed by atoms with Gasteiger partial charge in [-0.3, -0.25) is 0 Å². The molecule has 3 rings (SSSR count). The topological polar surface area (TPSA) is 77.8 Å². The summed E-state index contributed by atoms with van der Waals surface area (Å²) in [6.45, 7) is 4.89. The molecule has 6 nitrogen and oxygen atoms in total. The van der Waals surface area contributed by atoms with Gasteiger partial charge in [0.1, 0.15) is 11.5 Å². The molecule has 0 bridgehead atoms. The number of esters is 2. The van der Waals surface area contributed by atoms with Crippen LogP contribution in [-0.2, 0) is 19.1 Å². The monoisotopic (exact) mass is 327 g/mol. The summed E-state index contributed by atoms with van der Waals surface area (Å²) >= 11 is 0. The van der Waals surface area contributed by atoms with Crippen LogP contribution >= 0.6 is 0 Å². The fraction of sp³-hybridized carbons (Fsp3) is 0.222. The number of furan rings is 1. The molecule has 1 fully saturated rings. The summed E-state index contributed by atoms with van der Waals surface area (Å²) in [5, 5.41) is 2.89. The molecule has 24 heavy (non-hydrogen) atoms. The highest BCUT2D eigenvalue weighted by Crippen LogP contribution is 2.25. The molecular formula is C18H17NO5. The van der Waals surface area contributed by atoms with Gasteiger partial charge in [-0.2, -0.15) is 0 Å². The van der Waals surface area contributed by atoms with Gasteiger partial charge in [0.15, 0.2) is 5.57 Å². The lowest BCUT2D eigenvalue weighted by Crippen LogP contribution is -2.42. The first-order valence-corrected chi connectivity index (χ1v) is 7.44. The number of nitrogens with one attached hydrogen (secondary N) is 1. The van der Waals surface area contributed by atoms with E-state index in [0.717, 1.165) is 17.1 Å². The van der Waals surface area contributed by atoms with Gasteiger partial charge in [0.2, 0.25) is 0 Å². The zero-order chi connectivity index (χ0) is 17.3. The molecule has 0 atom stereocenters. The maximum Gasteiger partial charge on any atom is 0.350 e. The zero-order valence-corrected chi connectivity index (χ0v) is 13.6. The highest BCUT2D eigenvalue weighted by molar-refractivity contribution is 6.15. The van der Waals surface area contributed by atoms with Gasteiger partial charge in [0.05, 0.1) is 0 Å². The lowest BCUT2D eigenvalue weighted by molar-refractivity contribution is -0.222. The van der Waals surface area contributed by atoms with E-state index in [1.165, 1.54) is 20.0 Å². The fourth-order valence-electron chi connectivity index (χ4n) is 2.25. The van der Waals surface area contributed by atoms with E-state index in [1.54, 1.807) is 0 Å². The zero-order valence-electron chi connectivity index (χ0n) is 13.6. The molecule has 1 saturated heterocycles. The standard InChI is InChI=1S/C18H17NO5/c1-11-4-9-15(22-11)12-5-7-13(8-6-12)19-10-14-16(20)23-18(2,3)24-17(14)21/h4-10,19H,1-3H3. The van der Waals surface area contributed by atoms with Crippen molar-refractivity contribution in [2.24, 2.45) is 0 Å². The highest BCUT2D eigenvalue weighted by atomic mass is 16.7. The SMILES string of the molecule is Cc1ccc(-c2ccc(NC=C3C(=O)OC(C)(C)OC3=O)cc2)o1. The van der Waals surface area contributed by atoms with Crippen molar-refractivity contribution in [1.82, 2.24) is 0 Å². The number of hydrogen-bond acceptors (Lipinski definition) is 6. The molecule has 1 N–H and O–H groups in total. The van der Waals surface area contributed by atoms with Crippen molar-refractivity contribution in [2.45, 2.75) is 26.6 Å². The third-order valence-electron chi connectivity index (χ3n) is 3.41. The summed E-state index contributed by atoms with van der Waals surface area (Å²) in [4.78, 5) is 23.7. The van der Waals surface area contributed by atoms with E-state index in [9.17, 15) is 9.59 Å². The lowest BCUT2D eigenvalue weighted by Gasteiger charge is -2.29. The molecule has 0 aliphatic carbocycles. The number of cyclic esters (lactones) is 2. The molecule has 0 saturated carbocycles. The second-order valence-corrected chi connectivity index (χ2v) is 5.87. The molecule has 0 radical (unpaired) electrons. The molecular weight excluding hydrogens is 310 g/mol. The van der Waals surface area contributed by atoms with E-state index >= 15 is 0 Å². The minimum absolute atomic E-state index is 0.180. The van der Waals surface area contributed by atoms with Crippen molar-refractivity contribution in [2.75, 3.05) is 5.32 Å². The molecule has 0 amide bonds. The van der Waals surface area contributed by atoms with Gasteiger partial charge in [0, 0.05) is 31.3 Å². The van der Waals surface area contributed by atoms with Crippen LogP contribution in [0.25, 0.3) is 11.3 Å². The molecule has 2 heterocycles. The molecule has 0 spiro atoms. The van der Waals surface area contributed by atoms with Gasteiger partial charge in [0.25, 0.3) is 5.79 Å². The van der Waals surface area contributed by atoms with Gasteiger partial charge >= 0.3 is 11.9 Å². The fourth-order valence-corrected chi connectivity index (χ4v) is 2.25. The average molecular weight is 327 g/mol. The molecule has 1 aromatic carbocycles. The summed E-state index contributed by atoms with van der Waals surface area (Å²) in [7, 11) is 0. The Morgan fingerprint density at radius 3 is 2.12 bits per heavy atom. The molecule has 1 aliphatic rings. The van der Waals surface area contributed by atoms with Crippen molar-refractivity contribution < 1.29 is 23.5 Å². The molecule has 1 aromatic heterocycles. The van der Waals surface area contributed by atoms with Crippen LogP contribution in [-0.4, -0.2) is 17.7 Å². The summed E-state index contributed by atoms with van der Waals surface area (Å²) in [6.07, 6.45) is 1.28. The summed E-state index contributed by atoms with van der Waals surface area (Å²) < 4.78 is 15.6. The van der Waals surface area contributed by atoms with Gasteiger partial charge in [-0.05, 0) is 43.3 Å². The second-order valence-electron chi connectivity index (χ2n) is 5.87. The normalized spacial score (nSPS) is 16.4.